The number of ether oxygens (including phenoxy) is 3. The molecule has 3 saturated carbocycles. The minimum atomic E-state index is -1.94. The highest BCUT2D eigenvalue weighted by atomic mass is 35.5. The Labute approximate surface area is 265 Å². The standard InChI is InChI=1S/C30H43ClN2O12/c1-17-12-21-20-7-6-18-13-19(34)8-9-27(18,2)29(20,31)23(35)14-28(21,3)30(17,39)24(36)16-44-26(38)43-15-22(32)25(37)42-10-4-5-11-45-33(40)41/h8-9,13,17,20-23,35,39-41H,4-7,10-12,14-16,32H2,1-3H3/t17-,20-,21?,22?,23-,27-,28-,29?,30-/m0/s1. The number of esters is 1. The Hall–Kier alpha value is -2.43. The summed E-state index contributed by atoms with van der Waals surface area (Å²) in [5.41, 5.74) is 2.76. The number of aliphatic hydroxyl groups is 2. The Morgan fingerprint density at radius 3 is 2.51 bits per heavy atom. The summed E-state index contributed by atoms with van der Waals surface area (Å²) in [5, 5.41) is 40.2. The van der Waals surface area contributed by atoms with Crippen LogP contribution in [0.15, 0.2) is 23.8 Å². The highest BCUT2D eigenvalue weighted by molar-refractivity contribution is 6.26. The van der Waals surface area contributed by atoms with E-state index in [-0.39, 0.29) is 37.3 Å². The van der Waals surface area contributed by atoms with E-state index >= 15 is 0 Å². The Morgan fingerprint density at radius 2 is 1.82 bits per heavy atom. The number of rotatable bonds is 12. The van der Waals surface area contributed by atoms with Crippen LogP contribution in [-0.2, 0) is 33.4 Å². The summed E-state index contributed by atoms with van der Waals surface area (Å²) in [6.45, 7) is 4.02. The summed E-state index contributed by atoms with van der Waals surface area (Å²) in [6, 6.07) is -1.32. The number of hydrogen-bond donors (Lipinski definition) is 5. The van der Waals surface area contributed by atoms with Crippen molar-refractivity contribution in [2.24, 2.45) is 34.3 Å². The van der Waals surface area contributed by atoms with E-state index in [9.17, 15) is 29.4 Å². The molecule has 0 radical (unpaired) electrons. The van der Waals surface area contributed by atoms with E-state index in [1.165, 1.54) is 6.08 Å². The first kappa shape index (κ1) is 35.4. The summed E-state index contributed by atoms with van der Waals surface area (Å²) in [5.74, 6) is -2.77. The lowest BCUT2D eigenvalue weighted by molar-refractivity contribution is -0.492. The normalized spacial score (nSPS) is 37.6. The van der Waals surface area contributed by atoms with Crippen LogP contribution in [0.1, 0.15) is 59.3 Å². The van der Waals surface area contributed by atoms with Crippen LogP contribution in [0.25, 0.3) is 0 Å². The van der Waals surface area contributed by atoms with Crippen molar-refractivity contribution in [2.75, 3.05) is 26.4 Å². The van der Waals surface area contributed by atoms with Gasteiger partial charge in [-0.25, -0.2) is 4.79 Å². The molecule has 4 aliphatic carbocycles. The Kier molecular flexibility index (Phi) is 10.5. The Balaban J connectivity index is 1.34. The van der Waals surface area contributed by atoms with Crippen molar-refractivity contribution in [1.82, 2.24) is 5.39 Å². The van der Waals surface area contributed by atoms with E-state index in [2.05, 4.69) is 4.84 Å². The third kappa shape index (κ3) is 6.19. The first-order chi connectivity index (χ1) is 21.0. The molecule has 0 aliphatic heterocycles. The fourth-order valence-corrected chi connectivity index (χ4v) is 8.80. The van der Waals surface area contributed by atoms with Crippen LogP contribution in [0.5, 0.6) is 0 Å². The van der Waals surface area contributed by atoms with Crippen molar-refractivity contribution in [3.63, 3.8) is 0 Å². The molecule has 45 heavy (non-hydrogen) atoms. The SMILES string of the molecule is C[C@H]1CC2[C@@H]3CCC4=CC(=O)C=C[C@]4(C)C3(Cl)[C@@H](O)C[C@]2(C)[C@@]1(O)C(=O)COC(=O)OCC(N)C(=O)OCCCCON(O)O. The molecule has 3 fully saturated rings. The summed E-state index contributed by atoms with van der Waals surface area (Å²) in [7, 11) is 0. The number of aliphatic hydroxyl groups excluding tert-OH is 1. The molecule has 3 unspecified atom stereocenters. The van der Waals surface area contributed by atoms with Gasteiger partial charge in [-0.3, -0.25) is 29.6 Å². The number of allylic oxidation sites excluding steroid dienone is 4. The second-order valence-corrected chi connectivity index (χ2v) is 13.6. The van der Waals surface area contributed by atoms with Gasteiger partial charge in [-0.1, -0.05) is 32.4 Å². The van der Waals surface area contributed by atoms with Gasteiger partial charge in [0.2, 0.25) is 5.78 Å². The van der Waals surface area contributed by atoms with Gasteiger partial charge in [-0.05, 0) is 68.4 Å². The highest BCUT2D eigenvalue weighted by Crippen LogP contribution is 2.71. The number of Topliss-reactive ketones (excluding diaryl/α,β-unsaturated/α-hetero) is 1. The fraction of sp³-hybridized carbons (Fsp3) is 0.733. The van der Waals surface area contributed by atoms with Gasteiger partial charge in [-0.2, -0.15) is 0 Å². The number of carbonyl (C=O) groups is 4. The molecule has 0 amide bonds. The summed E-state index contributed by atoms with van der Waals surface area (Å²) < 4.78 is 14.8. The molecule has 0 aromatic rings. The molecule has 6 N–H and O–H groups in total. The fourth-order valence-electron chi connectivity index (χ4n) is 8.27. The zero-order valence-corrected chi connectivity index (χ0v) is 26.4. The smallest absolute Gasteiger partial charge is 0.464 e. The van der Waals surface area contributed by atoms with Gasteiger partial charge in [0.15, 0.2) is 12.4 Å². The van der Waals surface area contributed by atoms with Crippen molar-refractivity contribution >= 4 is 35.3 Å². The van der Waals surface area contributed by atoms with Gasteiger partial charge in [0.1, 0.15) is 18.2 Å². The number of fused-ring (bicyclic) bond motifs is 5. The maximum atomic E-state index is 13.6. The highest BCUT2D eigenvalue weighted by Gasteiger charge is 2.74. The van der Waals surface area contributed by atoms with Gasteiger partial charge in [0, 0.05) is 10.8 Å². The van der Waals surface area contributed by atoms with Crippen molar-refractivity contribution < 1.29 is 58.9 Å². The van der Waals surface area contributed by atoms with Gasteiger partial charge >= 0.3 is 12.1 Å². The van der Waals surface area contributed by atoms with E-state index in [1.54, 1.807) is 26.0 Å². The quantitative estimate of drug-likeness (QED) is 0.0877. The van der Waals surface area contributed by atoms with Crippen LogP contribution in [0, 0.1) is 28.6 Å². The number of halogens is 1. The van der Waals surface area contributed by atoms with Crippen molar-refractivity contribution in [1.29, 1.82) is 0 Å². The number of alkyl halides is 1. The first-order valence-electron chi connectivity index (χ1n) is 15.1. The molecular formula is C30H43ClN2O12. The largest absolute Gasteiger partial charge is 0.508 e. The predicted octanol–water partition coefficient (Wildman–Crippen LogP) is 1.99. The van der Waals surface area contributed by atoms with Gasteiger partial charge in [-0.15, -0.1) is 11.6 Å². The number of nitrogens with two attached hydrogens (primary N) is 1. The second-order valence-electron chi connectivity index (χ2n) is 13.0. The topological polar surface area (TPSA) is 215 Å². The molecule has 0 heterocycles. The monoisotopic (exact) mass is 658 g/mol. The lowest BCUT2D eigenvalue weighted by Crippen LogP contribution is -2.69. The van der Waals surface area contributed by atoms with Crippen LogP contribution >= 0.6 is 11.6 Å². The van der Waals surface area contributed by atoms with E-state index < -0.39 is 75.9 Å². The number of unbranched alkanes of at least 4 members (excludes halogenated alkanes) is 1. The molecule has 0 spiro atoms. The summed E-state index contributed by atoms with van der Waals surface area (Å²) in [4.78, 5) is 53.2. The average molecular weight is 659 g/mol. The third-order valence-electron chi connectivity index (χ3n) is 10.6. The maximum absolute atomic E-state index is 13.6. The van der Waals surface area contributed by atoms with Crippen LogP contribution in [0.4, 0.5) is 4.79 Å². The molecule has 9 atom stereocenters. The minimum absolute atomic E-state index is 0.0185. The van der Waals surface area contributed by atoms with Gasteiger partial charge in [0.25, 0.3) is 0 Å². The first-order valence-corrected chi connectivity index (χ1v) is 15.5. The Morgan fingerprint density at radius 1 is 1.13 bits per heavy atom. The number of hydrogen-bond acceptors (Lipinski definition) is 14. The lowest BCUT2D eigenvalue weighted by Gasteiger charge is -2.63. The number of ketones is 2. The second kappa shape index (κ2) is 13.4. The molecule has 4 aliphatic rings. The molecule has 252 valence electrons. The van der Waals surface area contributed by atoms with Crippen LogP contribution in [0.2, 0.25) is 0 Å². The molecule has 0 bridgehead atoms. The maximum Gasteiger partial charge on any atom is 0.508 e. The molecule has 0 aromatic carbocycles. The summed E-state index contributed by atoms with van der Waals surface area (Å²) >= 11 is 7.41. The molecule has 15 heteroatoms. The van der Waals surface area contributed by atoms with Crippen molar-refractivity contribution in [3.05, 3.63) is 23.8 Å². The minimum Gasteiger partial charge on any atom is -0.464 e. The molecular weight excluding hydrogens is 616 g/mol. The molecule has 4 rings (SSSR count). The number of carbonyl (C=O) groups excluding carboxylic acids is 4. The van der Waals surface area contributed by atoms with Crippen LogP contribution in [-0.4, -0.2) is 98.8 Å². The van der Waals surface area contributed by atoms with Crippen LogP contribution < -0.4 is 5.73 Å². The van der Waals surface area contributed by atoms with Crippen molar-refractivity contribution in [2.45, 2.75) is 81.9 Å². The Bertz CT molecular complexity index is 1240. The van der Waals surface area contributed by atoms with Crippen LogP contribution in [0.3, 0.4) is 0 Å². The van der Waals surface area contributed by atoms with E-state index in [0.717, 1.165) is 5.57 Å². The number of nitrogens with zero attached hydrogens (tertiary/aromatic N) is 1. The zero-order chi connectivity index (χ0) is 33.4. The van der Waals surface area contributed by atoms with E-state index in [1.807, 2.05) is 6.92 Å². The lowest BCUT2D eigenvalue weighted by atomic mass is 9.45. The van der Waals surface area contributed by atoms with Gasteiger partial charge < -0.3 is 30.2 Å². The van der Waals surface area contributed by atoms with Gasteiger partial charge in [0.05, 0.1) is 29.6 Å². The third-order valence-corrected chi connectivity index (χ3v) is 11.6. The van der Waals surface area contributed by atoms with E-state index in [0.29, 0.717) is 32.1 Å². The molecule has 14 nitrogen and oxygen atoms in total. The summed E-state index contributed by atoms with van der Waals surface area (Å²) in [6.07, 6.45) is 4.81. The predicted molar refractivity (Wildman–Crippen MR) is 154 cm³/mol. The molecule has 0 saturated heterocycles. The molecule has 0 aromatic heterocycles. The zero-order valence-electron chi connectivity index (χ0n) is 25.6. The van der Waals surface area contributed by atoms with Crippen molar-refractivity contribution in [3.8, 4) is 0 Å². The van der Waals surface area contributed by atoms with E-state index in [4.69, 9.17) is 42.0 Å². The average Bonchev–Trinajstić information content (AvgIpc) is 3.18.